The highest BCUT2D eigenvalue weighted by atomic mass is 16.4. The number of nitrogens with one attached hydrogen (secondary N) is 1. The van der Waals surface area contributed by atoms with Crippen LogP contribution in [-0.4, -0.2) is 22.0 Å². The molecule has 6 nitrogen and oxygen atoms in total. The Morgan fingerprint density at radius 1 is 1.69 bits per heavy atom. The standard InChI is InChI=1S/C7H8N2O4/c1-4(10)8-7-9-5(3-13-7)2-6(11)12/h3H,2H2,1H3,(H,11,12)(H,8,9,10). The molecule has 0 bridgehead atoms. The van der Waals surface area contributed by atoms with Gasteiger partial charge in [-0.3, -0.25) is 14.9 Å². The second-order valence-electron chi connectivity index (χ2n) is 2.40. The van der Waals surface area contributed by atoms with Crippen LogP contribution in [-0.2, 0) is 16.0 Å². The van der Waals surface area contributed by atoms with Gasteiger partial charge in [-0.2, -0.15) is 4.98 Å². The Hall–Kier alpha value is -1.85. The minimum Gasteiger partial charge on any atom is -0.481 e. The SMILES string of the molecule is CC(=O)Nc1nc(CC(=O)O)co1. The number of amides is 1. The summed E-state index contributed by atoms with van der Waals surface area (Å²) < 4.78 is 4.77. The molecule has 0 fully saturated rings. The number of anilines is 1. The highest BCUT2D eigenvalue weighted by Crippen LogP contribution is 2.07. The first-order valence-corrected chi connectivity index (χ1v) is 3.51. The zero-order chi connectivity index (χ0) is 9.84. The third-order valence-electron chi connectivity index (χ3n) is 1.17. The summed E-state index contributed by atoms with van der Waals surface area (Å²) in [7, 11) is 0. The van der Waals surface area contributed by atoms with E-state index in [2.05, 4.69) is 10.3 Å². The molecule has 0 aliphatic rings. The van der Waals surface area contributed by atoms with Gasteiger partial charge in [-0.25, -0.2) is 0 Å². The molecule has 0 aromatic carbocycles. The molecule has 13 heavy (non-hydrogen) atoms. The number of carbonyl (C=O) groups excluding carboxylic acids is 1. The minimum atomic E-state index is -0.998. The van der Waals surface area contributed by atoms with Gasteiger partial charge in [0, 0.05) is 6.92 Å². The largest absolute Gasteiger partial charge is 0.481 e. The van der Waals surface area contributed by atoms with E-state index in [1.54, 1.807) is 0 Å². The number of aliphatic carboxylic acids is 1. The van der Waals surface area contributed by atoms with Crippen LogP contribution < -0.4 is 5.32 Å². The van der Waals surface area contributed by atoms with Crippen molar-refractivity contribution >= 4 is 17.9 Å². The maximum Gasteiger partial charge on any atom is 0.309 e. The van der Waals surface area contributed by atoms with E-state index in [0.29, 0.717) is 0 Å². The highest BCUT2D eigenvalue weighted by Gasteiger charge is 2.07. The maximum absolute atomic E-state index is 10.5. The van der Waals surface area contributed by atoms with Crippen LogP contribution in [0.25, 0.3) is 0 Å². The second kappa shape index (κ2) is 3.70. The number of hydrogen-bond acceptors (Lipinski definition) is 4. The molecule has 1 rings (SSSR count). The topological polar surface area (TPSA) is 92.4 Å². The van der Waals surface area contributed by atoms with E-state index >= 15 is 0 Å². The Labute approximate surface area is 73.6 Å². The van der Waals surface area contributed by atoms with Crippen molar-refractivity contribution in [2.45, 2.75) is 13.3 Å². The second-order valence-corrected chi connectivity index (χ2v) is 2.40. The van der Waals surface area contributed by atoms with E-state index in [1.807, 2.05) is 0 Å². The fraction of sp³-hybridized carbons (Fsp3) is 0.286. The van der Waals surface area contributed by atoms with Gasteiger partial charge >= 0.3 is 12.0 Å². The van der Waals surface area contributed by atoms with Gasteiger partial charge in [0.25, 0.3) is 0 Å². The van der Waals surface area contributed by atoms with E-state index in [0.717, 1.165) is 0 Å². The number of carboxylic acid groups (broad SMARTS) is 1. The lowest BCUT2D eigenvalue weighted by molar-refractivity contribution is -0.136. The smallest absolute Gasteiger partial charge is 0.309 e. The third kappa shape index (κ3) is 2.94. The van der Waals surface area contributed by atoms with Crippen molar-refractivity contribution in [3.63, 3.8) is 0 Å². The van der Waals surface area contributed by atoms with Crippen molar-refractivity contribution in [2.75, 3.05) is 5.32 Å². The fourth-order valence-electron chi connectivity index (χ4n) is 0.751. The van der Waals surface area contributed by atoms with Gasteiger partial charge < -0.3 is 9.52 Å². The maximum atomic E-state index is 10.5. The summed E-state index contributed by atoms with van der Waals surface area (Å²) >= 11 is 0. The Bertz CT molecular complexity index is 300. The summed E-state index contributed by atoms with van der Waals surface area (Å²) in [6, 6.07) is 0.0174. The van der Waals surface area contributed by atoms with Gasteiger partial charge in [-0.05, 0) is 0 Å². The van der Waals surface area contributed by atoms with Gasteiger partial charge in [-0.1, -0.05) is 0 Å². The van der Waals surface area contributed by atoms with Crippen LogP contribution in [0.3, 0.4) is 0 Å². The van der Waals surface area contributed by atoms with Gasteiger partial charge in [-0.15, -0.1) is 0 Å². The first-order valence-electron chi connectivity index (χ1n) is 3.51. The molecule has 0 saturated carbocycles. The molecule has 1 heterocycles. The number of nitrogens with zero attached hydrogens (tertiary/aromatic N) is 1. The van der Waals surface area contributed by atoms with Gasteiger partial charge in [0.1, 0.15) is 6.26 Å². The Kier molecular flexibility index (Phi) is 2.63. The molecule has 6 heteroatoms. The molecule has 0 aliphatic heterocycles. The molecule has 0 atom stereocenters. The van der Waals surface area contributed by atoms with Crippen LogP contribution in [0.1, 0.15) is 12.6 Å². The van der Waals surface area contributed by atoms with E-state index in [-0.39, 0.29) is 24.0 Å². The monoisotopic (exact) mass is 184 g/mol. The molecule has 2 N–H and O–H groups in total. The predicted molar refractivity (Wildman–Crippen MR) is 42.1 cm³/mol. The summed E-state index contributed by atoms with van der Waals surface area (Å²) in [6.45, 7) is 1.31. The quantitative estimate of drug-likeness (QED) is 0.702. The van der Waals surface area contributed by atoms with Crippen molar-refractivity contribution in [1.82, 2.24) is 4.98 Å². The van der Waals surface area contributed by atoms with Crippen molar-refractivity contribution in [3.8, 4) is 0 Å². The number of aromatic nitrogens is 1. The van der Waals surface area contributed by atoms with Crippen LogP contribution in [0.15, 0.2) is 10.7 Å². The average molecular weight is 184 g/mol. The fourth-order valence-corrected chi connectivity index (χ4v) is 0.751. The van der Waals surface area contributed by atoms with Crippen molar-refractivity contribution < 1.29 is 19.1 Å². The lowest BCUT2D eigenvalue weighted by atomic mass is 10.3. The minimum absolute atomic E-state index is 0.0174. The number of hydrogen-bond donors (Lipinski definition) is 2. The molecule has 0 unspecified atom stereocenters. The Balaban J connectivity index is 2.63. The summed E-state index contributed by atoms with van der Waals surface area (Å²) in [5.74, 6) is -1.31. The summed E-state index contributed by atoms with van der Waals surface area (Å²) in [4.78, 5) is 24.5. The number of oxazole rings is 1. The van der Waals surface area contributed by atoms with Crippen LogP contribution >= 0.6 is 0 Å². The first-order chi connectivity index (χ1) is 6.08. The molecule has 0 spiro atoms. The van der Waals surface area contributed by atoms with Crippen LogP contribution in [0.5, 0.6) is 0 Å². The van der Waals surface area contributed by atoms with Crippen LogP contribution in [0.4, 0.5) is 6.01 Å². The zero-order valence-corrected chi connectivity index (χ0v) is 6.90. The molecule has 0 aliphatic carbocycles. The van der Waals surface area contributed by atoms with E-state index in [1.165, 1.54) is 13.2 Å². The molecule has 0 saturated heterocycles. The van der Waals surface area contributed by atoms with Crippen molar-refractivity contribution in [3.05, 3.63) is 12.0 Å². The van der Waals surface area contributed by atoms with Gasteiger partial charge in [0.15, 0.2) is 0 Å². The molecular weight excluding hydrogens is 176 g/mol. The first kappa shape index (κ1) is 9.24. The lowest BCUT2D eigenvalue weighted by Gasteiger charge is -1.91. The summed E-state index contributed by atoms with van der Waals surface area (Å²) in [6.07, 6.45) is 0.975. The van der Waals surface area contributed by atoms with E-state index in [4.69, 9.17) is 9.52 Å². The molecule has 70 valence electrons. The van der Waals surface area contributed by atoms with Gasteiger partial charge in [0.05, 0.1) is 12.1 Å². The third-order valence-corrected chi connectivity index (χ3v) is 1.17. The summed E-state index contributed by atoms with van der Waals surface area (Å²) in [5, 5.41) is 10.7. The van der Waals surface area contributed by atoms with E-state index in [9.17, 15) is 9.59 Å². The number of carbonyl (C=O) groups is 2. The normalized spacial score (nSPS) is 9.62. The Morgan fingerprint density at radius 3 is 2.92 bits per heavy atom. The average Bonchev–Trinajstić information content (AvgIpc) is 2.33. The van der Waals surface area contributed by atoms with Crippen LogP contribution in [0.2, 0.25) is 0 Å². The molecule has 1 aromatic rings. The summed E-state index contributed by atoms with van der Waals surface area (Å²) in [5.41, 5.74) is 0.274. The number of carboxylic acids is 1. The zero-order valence-electron chi connectivity index (χ0n) is 6.90. The number of rotatable bonds is 3. The predicted octanol–water partition coefficient (Wildman–Crippen LogP) is 0.260. The molecule has 1 aromatic heterocycles. The molecule has 1 amide bonds. The molecule has 0 radical (unpaired) electrons. The van der Waals surface area contributed by atoms with E-state index < -0.39 is 5.97 Å². The van der Waals surface area contributed by atoms with Crippen molar-refractivity contribution in [2.24, 2.45) is 0 Å². The lowest BCUT2D eigenvalue weighted by Crippen LogP contribution is -2.06. The highest BCUT2D eigenvalue weighted by molar-refractivity contribution is 5.86. The molecular formula is C7H8N2O4. The van der Waals surface area contributed by atoms with Crippen molar-refractivity contribution in [1.29, 1.82) is 0 Å². The van der Waals surface area contributed by atoms with Crippen LogP contribution in [0, 0.1) is 0 Å². The van der Waals surface area contributed by atoms with Gasteiger partial charge in [0.2, 0.25) is 5.91 Å². The Morgan fingerprint density at radius 2 is 2.38 bits per heavy atom.